The second kappa shape index (κ2) is 17.7. The van der Waals surface area contributed by atoms with Crippen LogP contribution in [-0.2, 0) is 31.9 Å². The van der Waals surface area contributed by atoms with Crippen molar-refractivity contribution in [3.8, 4) is 62.1 Å². The number of rotatable bonds is 8. The number of aromatic nitrogens is 4. The molecule has 0 atom stereocenters. The fraction of sp³-hybridized carbons (Fsp3) is 0.129. The van der Waals surface area contributed by atoms with Gasteiger partial charge in [-0.1, -0.05) is 180 Å². The number of imidazole rings is 1. The predicted molar refractivity (Wildman–Crippen MR) is 274 cm³/mol. The minimum absolute atomic E-state index is 0. The Morgan fingerprint density at radius 2 is 1.24 bits per heavy atom. The molecule has 0 aliphatic heterocycles. The van der Waals surface area contributed by atoms with E-state index < -0.39 is 36.3 Å². The van der Waals surface area contributed by atoms with Crippen molar-refractivity contribution in [1.29, 1.82) is 0 Å². The van der Waals surface area contributed by atoms with E-state index in [4.69, 9.17) is 20.7 Å². The van der Waals surface area contributed by atoms with Crippen LogP contribution in [0.1, 0.15) is 66.4 Å². The minimum Gasteiger partial charge on any atom is -0.510 e. The Labute approximate surface area is 427 Å². The molecule has 0 spiro atoms. The van der Waals surface area contributed by atoms with Crippen molar-refractivity contribution in [3.63, 3.8) is 0 Å². The van der Waals surface area contributed by atoms with Gasteiger partial charge in [0.25, 0.3) is 6.33 Å². The molecule has 0 amide bonds. The van der Waals surface area contributed by atoms with Crippen molar-refractivity contribution in [2.45, 2.75) is 52.4 Å². The van der Waals surface area contributed by atoms with E-state index in [-0.39, 0.29) is 67.2 Å². The molecule has 336 valence electrons. The maximum Gasteiger partial charge on any atom is 0.268 e. The van der Waals surface area contributed by atoms with Gasteiger partial charge in [0, 0.05) is 44.3 Å². The van der Waals surface area contributed by atoms with Crippen molar-refractivity contribution in [2.75, 3.05) is 0 Å². The molecule has 0 saturated heterocycles. The number of hydrogen-bond acceptors (Lipinski definition) is 2. The molecule has 3 aromatic heterocycles. The summed E-state index contributed by atoms with van der Waals surface area (Å²) in [7, 11) is 0. The third-order valence-electron chi connectivity index (χ3n) is 12.1. The van der Waals surface area contributed by atoms with Crippen molar-refractivity contribution in [3.05, 3.63) is 224 Å². The summed E-state index contributed by atoms with van der Waals surface area (Å²) in [5, 5.41) is 2.00. The first-order chi connectivity index (χ1) is 36.6. The van der Waals surface area contributed by atoms with Crippen LogP contribution in [0.2, 0.25) is 0 Å². The van der Waals surface area contributed by atoms with E-state index in [9.17, 15) is 2.74 Å². The molecule has 11 rings (SSSR count). The molecule has 0 bridgehead atoms. The van der Waals surface area contributed by atoms with Gasteiger partial charge in [-0.3, -0.25) is 4.57 Å². The van der Waals surface area contributed by atoms with Gasteiger partial charge in [0.2, 0.25) is 0 Å². The number of para-hydroxylation sites is 2. The Morgan fingerprint density at radius 3 is 2.00 bits per heavy atom. The Hall–Kier alpha value is -7.33. The van der Waals surface area contributed by atoms with E-state index in [2.05, 4.69) is 94.9 Å². The first-order valence-corrected chi connectivity index (χ1v) is 22.1. The minimum atomic E-state index is -0.518. The molecule has 11 aromatic rings. The number of benzene rings is 8. The van der Waals surface area contributed by atoms with Crippen LogP contribution in [0.25, 0.3) is 83.4 Å². The number of fused-ring (bicyclic) bond motifs is 4. The van der Waals surface area contributed by atoms with Crippen LogP contribution >= 0.6 is 0 Å². The molecule has 8 aromatic carbocycles. The molecule has 0 unspecified atom stereocenters. The summed E-state index contributed by atoms with van der Waals surface area (Å²) in [5.74, 6) is 1.49. The zero-order chi connectivity index (χ0) is 54.6. The number of ether oxygens (including phenoxy) is 1. The summed E-state index contributed by atoms with van der Waals surface area (Å²) in [6.45, 7) is 12.9. The molecule has 0 radical (unpaired) electrons. The average Bonchev–Trinajstić information content (AvgIpc) is 4.16. The van der Waals surface area contributed by atoms with Crippen LogP contribution in [0.3, 0.4) is 0 Å². The fourth-order valence-corrected chi connectivity index (χ4v) is 8.68. The standard InChI is InChI=1S/C62H50N4O.Pt/c1-61(2,3)46-23-15-22-45(36-46)52-28-17-27-51(43-20-11-8-12-21-43)60(52)65-41-64(58-37-44(30-33-56(58)65)42-18-9-7-10-19-42)48-24-16-25-49(39-48)67-50-31-32-54-53-26-13-14-29-55(53)66(57(54)40-50)59-38-47(34-35-63-59)62(4,5)6;/h7-38H,1-6H3;/q-2;/i7D,8D,9D,10D,11D,12D,18D,19D,20D,21D;. The summed E-state index contributed by atoms with van der Waals surface area (Å²) in [6.07, 6.45) is 5.38. The molecule has 0 aliphatic rings. The predicted octanol–water partition coefficient (Wildman–Crippen LogP) is 15.2. The zero-order valence-corrected chi connectivity index (χ0v) is 40.5. The molecule has 0 fully saturated rings. The molecule has 3 heterocycles. The van der Waals surface area contributed by atoms with Gasteiger partial charge in [0.1, 0.15) is 5.82 Å². The van der Waals surface area contributed by atoms with Gasteiger partial charge < -0.3 is 13.9 Å². The van der Waals surface area contributed by atoms with Crippen molar-refractivity contribution < 1.29 is 44.1 Å². The van der Waals surface area contributed by atoms with Crippen molar-refractivity contribution >= 4 is 32.8 Å². The normalized spacial score (nSPS) is 13.9. The molecule has 0 aliphatic carbocycles. The maximum atomic E-state index is 9.21. The Balaban J connectivity index is 0.00000688. The summed E-state index contributed by atoms with van der Waals surface area (Å²) >= 11 is 0. The van der Waals surface area contributed by atoms with Gasteiger partial charge in [0.15, 0.2) is 0 Å². The Morgan fingerprint density at radius 1 is 0.559 bits per heavy atom. The van der Waals surface area contributed by atoms with Crippen LogP contribution in [0, 0.1) is 18.5 Å². The maximum absolute atomic E-state index is 9.21. The van der Waals surface area contributed by atoms with E-state index in [0.717, 1.165) is 44.3 Å². The van der Waals surface area contributed by atoms with E-state index in [1.54, 1.807) is 45.5 Å². The van der Waals surface area contributed by atoms with E-state index >= 15 is 0 Å². The monoisotopic (exact) mass is 1070 g/mol. The smallest absolute Gasteiger partial charge is 0.268 e. The summed E-state index contributed by atoms with van der Waals surface area (Å²) < 4.78 is 99.9. The third-order valence-corrected chi connectivity index (χ3v) is 12.1. The fourth-order valence-electron chi connectivity index (χ4n) is 8.68. The Kier molecular flexibility index (Phi) is 8.87. The van der Waals surface area contributed by atoms with Gasteiger partial charge in [0.05, 0.1) is 30.4 Å². The molecule has 0 saturated carbocycles. The SMILES string of the molecule is [2H]c1c([2H])c([2H])c(-c2ccc3c(c2)n(-c2[c-]c(Oc4[c-]c5c(cc4)c4ccccc4n5-c4cc(C(C)(C)C)ccn4)ccc2)[c-][n+]3-c2c(-c3cccc(C(C)(C)C)c3)cccc2-c2c([2H])c([2H])c([2H])c([2H])c2[2H])c([2H])c1[2H].[Pt]. The summed E-state index contributed by atoms with van der Waals surface area (Å²) in [6, 6.07) is 42.8. The molecule has 0 N–H and O–H groups in total. The first-order valence-electron chi connectivity index (χ1n) is 27.1. The molecular formula is C62H50N4OPt-2. The van der Waals surface area contributed by atoms with Gasteiger partial charge in [-0.25, -0.2) is 4.98 Å². The average molecular weight is 1070 g/mol. The topological polar surface area (TPSA) is 35.9 Å². The Bertz CT molecular complexity index is 4190. The van der Waals surface area contributed by atoms with Crippen LogP contribution in [0.15, 0.2) is 194 Å². The van der Waals surface area contributed by atoms with Gasteiger partial charge in [-0.05, 0) is 90.7 Å². The number of nitrogens with zero attached hydrogens (tertiary/aromatic N) is 4. The van der Waals surface area contributed by atoms with Gasteiger partial charge in [-0.15, -0.1) is 29.7 Å². The number of hydrogen-bond donors (Lipinski definition) is 0. The van der Waals surface area contributed by atoms with E-state index in [1.807, 2.05) is 66.9 Å². The third kappa shape index (κ3) is 8.26. The second-order valence-electron chi connectivity index (χ2n) is 18.6. The zero-order valence-electron chi connectivity index (χ0n) is 48.2. The van der Waals surface area contributed by atoms with E-state index in [1.165, 1.54) is 0 Å². The molecular weight excluding hydrogens is 1010 g/mol. The van der Waals surface area contributed by atoms with Gasteiger partial charge >= 0.3 is 0 Å². The van der Waals surface area contributed by atoms with Crippen molar-refractivity contribution in [2.24, 2.45) is 0 Å². The largest absolute Gasteiger partial charge is 0.510 e. The summed E-state index contributed by atoms with van der Waals surface area (Å²) in [4.78, 5) is 4.83. The van der Waals surface area contributed by atoms with Crippen LogP contribution < -0.4 is 9.30 Å². The second-order valence-corrected chi connectivity index (χ2v) is 18.6. The van der Waals surface area contributed by atoms with Crippen LogP contribution in [0.4, 0.5) is 0 Å². The van der Waals surface area contributed by atoms with Crippen LogP contribution in [-0.4, -0.2) is 14.1 Å². The molecule has 68 heavy (non-hydrogen) atoms. The van der Waals surface area contributed by atoms with Crippen LogP contribution in [0.5, 0.6) is 11.5 Å². The quantitative estimate of drug-likeness (QED) is 0.112. The van der Waals surface area contributed by atoms with Crippen molar-refractivity contribution in [1.82, 2.24) is 14.1 Å². The van der Waals surface area contributed by atoms with E-state index in [0.29, 0.717) is 50.6 Å². The molecule has 5 nitrogen and oxygen atoms in total. The summed E-state index contributed by atoms with van der Waals surface area (Å²) in [5.41, 5.74) is 7.55. The number of pyridine rings is 1. The van der Waals surface area contributed by atoms with Gasteiger partial charge in [-0.2, -0.15) is 18.2 Å². The first kappa shape index (κ1) is 34.0. The molecule has 6 heteroatoms.